The summed E-state index contributed by atoms with van der Waals surface area (Å²) in [7, 11) is 0. The van der Waals surface area contributed by atoms with Gasteiger partial charge in [0.05, 0.1) is 4.92 Å². The highest BCUT2D eigenvalue weighted by Gasteiger charge is 2.13. The molecule has 0 heterocycles. The molecule has 0 saturated carbocycles. The first-order valence-electron chi connectivity index (χ1n) is 6.39. The summed E-state index contributed by atoms with van der Waals surface area (Å²) >= 11 is 6.02. The fourth-order valence-corrected chi connectivity index (χ4v) is 2.19. The molecule has 2 aromatic carbocycles. The molecular weight excluding hydrogens is 295 g/mol. The van der Waals surface area contributed by atoms with Crippen molar-refractivity contribution >= 4 is 17.3 Å². The van der Waals surface area contributed by atoms with Crippen molar-refractivity contribution in [3.63, 3.8) is 0 Å². The van der Waals surface area contributed by atoms with Crippen molar-refractivity contribution in [3.05, 3.63) is 74.5 Å². The first-order valence-corrected chi connectivity index (χ1v) is 6.77. The summed E-state index contributed by atoms with van der Waals surface area (Å²) in [6.07, 6.45) is 0. The second-order valence-electron chi connectivity index (χ2n) is 4.66. The average molecular weight is 309 g/mol. The summed E-state index contributed by atoms with van der Waals surface area (Å²) in [4.78, 5) is 10.3. The molecule has 0 amide bonds. The Morgan fingerprint density at radius 1 is 1.33 bits per heavy atom. The molecule has 1 atom stereocenters. The molecule has 6 heteroatoms. The second-order valence-corrected chi connectivity index (χ2v) is 5.06. The highest BCUT2D eigenvalue weighted by atomic mass is 35.5. The number of nitro groups is 1. The van der Waals surface area contributed by atoms with Crippen LogP contribution in [-0.2, 0) is 6.54 Å². The summed E-state index contributed by atoms with van der Waals surface area (Å²) in [5.74, 6) is -0.289. The van der Waals surface area contributed by atoms with Gasteiger partial charge in [-0.15, -0.1) is 0 Å². The van der Waals surface area contributed by atoms with Gasteiger partial charge in [-0.3, -0.25) is 10.1 Å². The standard InChI is InChI=1S/C15H14ClFN2O2/c1-10(13-4-2-3-5-15(13)17)18-9-11-8-12(19(20)21)6-7-14(11)16/h2-8,10,18H,9H2,1H3. The maximum absolute atomic E-state index is 13.7. The molecule has 0 aromatic heterocycles. The van der Waals surface area contributed by atoms with Gasteiger partial charge in [0.15, 0.2) is 0 Å². The van der Waals surface area contributed by atoms with Crippen LogP contribution in [0, 0.1) is 15.9 Å². The molecule has 0 aliphatic rings. The third-order valence-electron chi connectivity index (χ3n) is 3.21. The number of hydrogen-bond acceptors (Lipinski definition) is 3. The number of rotatable bonds is 5. The normalized spacial score (nSPS) is 12.1. The molecule has 1 unspecified atom stereocenters. The summed E-state index contributed by atoms with van der Waals surface area (Å²) < 4.78 is 13.7. The van der Waals surface area contributed by atoms with Crippen LogP contribution in [0.1, 0.15) is 24.1 Å². The molecule has 0 aliphatic heterocycles. The zero-order valence-electron chi connectivity index (χ0n) is 11.3. The predicted octanol–water partition coefficient (Wildman–Crippen LogP) is 4.24. The minimum atomic E-state index is -0.472. The summed E-state index contributed by atoms with van der Waals surface area (Å²) in [6.45, 7) is 2.14. The van der Waals surface area contributed by atoms with Gasteiger partial charge in [-0.05, 0) is 24.6 Å². The fraction of sp³-hybridized carbons (Fsp3) is 0.200. The summed E-state index contributed by atoms with van der Waals surface area (Å²) in [5.41, 5.74) is 1.13. The largest absolute Gasteiger partial charge is 0.306 e. The van der Waals surface area contributed by atoms with E-state index < -0.39 is 4.92 Å². The van der Waals surface area contributed by atoms with E-state index in [4.69, 9.17) is 11.6 Å². The van der Waals surface area contributed by atoms with Crippen LogP contribution in [0.3, 0.4) is 0 Å². The van der Waals surface area contributed by atoms with E-state index >= 15 is 0 Å². The molecule has 21 heavy (non-hydrogen) atoms. The molecule has 4 nitrogen and oxygen atoms in total. The van der Waals surface area contributed by atoms with Gasteiger partial charge in [0.2, 0.25) is 0 Å². The zero-order chi connectivity index (χ0) is 15.4. The van der Waals surface area contributed by atoms with Gasteiger partial charge in [0, 0.05) is 35.3 Å². The Kier molecular flexibility index (Phi) is 4.88. The third kappa shape index (κ3) is 3.77. The van der Waals surface area contributed by atoms with Crippen LogP contribution in [0.2, 0.25) is 5.02 Å². The van der Waals surface area contributed by atoms with E-state index in [-0.39, 0.29) is 17.5 Å². The van der Waals surface area contributed by atoms with Gasteiger partial charge in [0.25, 0.3) is 5.69 Å². The zero-order valence-corrected chi connectivity index (χ0v) is 12.1. The van der Waals surface area contributed by atoms with Gasteiger partial charge in [-0.25, -0.2) is 4.39 Å². The Morgan fingerprint density at radius 2 is 2.05 bits per heavy atom. The molecule has 0 bridgehead atoms. The smallest absolute Gasteiger partial charge is 0.269 e. The predicted molar refractivity (Wildman–Crippen MR) is 79.8 cm³/mol. The van der Waals surface area contributed by atoms with Gasteiger partial charge < -0.3 is 5.32 Å². The molecule has 0 radical (unpaired) electrons. The highest BCUT2D eigenvalue weighted by molar-refractivity contribution is 6.31. The monoisotopic (exact) mass is 308 g/mol. The number of nitro benzene ring substituents is 1. The number of nitrogens with zero attached hydrogens (tertiary/aromatic N) is 1. The lowest BCUT2D eigenvalue weighted by atomic mass is 10.1. The quantitative estimate of drug-likeness (QED) is 0.664. The molecule has 0 aliphatic carbocycles. The number of nitrogens with one attached hydrogen (secondary N) is 1. The lowest BCUT2D eigenvalue weighted by Gasteiger charge is -2.15. The molecular formula is C15H14ClFN2O2. The van der Waals surface area contributed by atoms with Crippen LogP contribution in [-0.4, -0.2) is 4.92 Å². The van der Waals surface area contributed by atoms with E-state index in [2.05, 4.69) is 5.32 Å². The minimum absolute atomic E-state index is 0.0188. The van der Waals surface area contributed by atoms with Gasteiger partial charge >= 0.3 is 0 Å². The lowest BCUT2D eigenvalue weighted by Crippen LogP contribution is -2.19. The first-order chi connectivity index (χ1) is 9.99. The maximum atomic E-state index is 13.7. The number of non-ortho nitro benzene ring substituents is 1. The van der Waals surface area contributed by atoms with Crippen LogP contribution in [0.15, 0.2) is 42.5 Å². The van der Waals surface area contributed by atoms with E-state index in [1.54, 1.807) is 18.2 Å². The lowest BCUT2D eigenvalue weighted by molar-refractivity contribution is -0.384. The summed E-state index contributed by atoms with van der Waals surface area (Å²) in [5, 5.41) is 14.3. The van der Waals surface area contributed by atoms with E-state index in [0.29, 0.717) is 22.7 Å². The van der Waals surface area contributed by atoms with Crippen LogP contribution in [0.5, 0.6) is 0 Å². The van der Waals surface area contributed by atoms with Crippen LogP contribution >= 0.6 is 11.6 Å². The van der Waals surface area contributed by atoms with Crippen molar-refractivity contribution in [2.24, 2.45) is 0 Å². The maximum Gasteiger partial charge on any atom is 0.269 e. The number of benzene rings is 2. The Hall–Kier alpha value is -1.98. The van der Waals surface area contributed by atoms with Crippen molar-refractivity contribution in [2.75, 3.05) is 0 Å². The van der Waals surface area contributed by atoms with Gasteiger partial charge in [-0.1, -0.05) is 29.8 Å². The highest BCUT2D eigenvalue weighted by Crippen LogP contribution is 2.23. The molecule has 0 saturated heterocycles. The van der Waals surface area contributed by atoms with Crippen molar-refractivity contribution in [1.29, 1.82) is 0 Å². The van der Waals surface area contributed by atoms with Crippen LogP contribution < -0.4 is 5.32 Å². The van der Waals surface area contributed by atoms with Crippen molar-refractivity contribution < 1.29 is 9.31 Å². The van der Waals surface area contributed by atoms with E-state index in [1.807, 2.05) is 6.92 Å². The Labute approximate surface area is 126 Å². The van der Waals surface area contributed by atoms with Gasteiger partial charge in [-0.2, -0.15) is 0 Å². The average Bonchev–Trinajstić information content (AvgIpc) is 2.46. The SMILES string of the molecule is CC(NCc1cc([N+](=O)[O-])ccc1Cl)c1ccccc1F. The molecule has 1 N–H and O–H groups in total. The molecule has 2 rings (SSSR count). The summed E-state index contributed by atoms with van der Waals surface area (Å²) in [6, 6.07) is 10.5. The van der Waals surface area contributed by atoms with E-state index in [0.717, 1.165) is 0 Å². The molecule has 110 valence electrons. The molecule has 0 fully saturated rings. The van der Waals surface area contributed by atoms with Crippen LogP contribution in [0.25, 0.3) is 0 Å². The third-order valence-corrected chi connectivity index (χ3v) is 3.58. The van der Waals surface area contributed by atoms with Gasteiger partial charge in [0.1, 0.15) is 5.82 Å². The topological polar surface area (TPSA) is 55.2 Å². The van der Waals surface area contributed by atoms with Crippen molar-refractivity contribution in [1.82, 2.24) is 5.32 Å². The molecule has 2 aromatic rings. The second kappa shape index (κ2) is 6.65. The Morgan fingerprint density at radius 3 is 2.71 bits per heavy atom. The minimum Gasteiger partial charge on any atom is -0.306 e. The molecule has 0 spiro atoms. The number of hydrogen-bond donors (Lipinski definition) is 1. The van der Waals surface area contributed by atoms with E-state index in [9.17, 15) is 14.5 Å². The first kappa shape index (κ1) is 15.4. The fourth-order valence-electron chi connectivity index (χ4n) is 2.01. The van der Waals surface area contributed by atoms with Crippen molar-refractivity contribution in [2.45, 2.75) is 19.5 Å². The Balaban J connectivity index is 2.11. The number of halogens is 2. The van der Waals surface area contributed by atoms with E-state index in [1.165, 1.54) is 24.3 Å². The van der Waals surface area contributed by atoms with Crippen molar-refractivity contribution in [3.8, 4) is 0 Å². The Bertz CT molecular complexity index is 664. The van der Waals surface area contributed by atoms with Crippen LogP contribution in [0.4, 0.5) is 10.1 Å².